The largest absolute Gasteiger partial charge is 1.00 e. The van der Waals surface area contributed by atoms with Gasteiger partial charge in [-0.3, -0.25) is 0 Å². The van der Waals surface area contributed by atoms with Crippen molar-refractivity contribution in [3.05, 3.63) is 29.8 Å². The average Bonchev–Trinajstić information content (AvgIpc) is 2.52. The third kappa shape index (κ3) is 12.8. The summed E-state index contributed by atoms with van der Waals surface area (Å²) in [5.41, 5.74) is -0.605. The third-order valence-electron chi connectivity index (χ3n) is 3.73. The van der Waals surface area contributed by atoms with Crippen LogP contribution in [0.1, 0.15) is 63.4 Å². The molecule has 0 unspecified atom stereocenters. The van der Waals surface area contributed by atoms with Gasteiger partial charge in [0.1, 0.15) is 0 Å². The van der Waals surface area contributed by atoms with Crippen molar-refractivity contribution in [2.75, 3.05) is 5.75 Å². The molecule has 25 heavy (non-hydrogen) atoms. The Morgan fingerprint density at radius 2 is 1.36 bits per heavy atom. The molecule has 0 saturated carbocycles. The van der Waals surface area contributed by atoms with Crippen molar-refractivity contribution >= 4 is 17.7 Å². The molecule has 0 aliphatic carbocycles. The van der Waals surface area contributed by atoms with Crippen LogP contribution in [0.25, 0.3) is 0 Å². The van der Waals surface area contributed by atoms with E-state index in [1.165, 1.54) is 12.1 Å². The van der Waals surface area contributed by atoms with Gasteiger partial charge in [0.05, 0.1) is 5.56 Å². The Kier molecular flexibility index (Phi) is 13.9. The van der Waals surface area contributed by atoms with E-state index in [9.17, 15) is 23.1 Å². The molecule has 1 aromatic rings. The van der Waals surface area contributed by atoms with Gasteiger partial charge in [0, 0.05) is 10.9 Å². The number of halogens is 3. The Morgan fingerprint density at radius 1 is 0.880 bits per heavy atom. The van der Waals surface area contributed by atoms with Crippen LogP contribution in [0.15, 0.2) is 29.2 Å². The fourth-order valence-electron chi connectivity index (χ4n) is 2.36. The van der Waals surface area contributed by atoms with Gasteiger partial charge in [-0.05, 0) is 49.3 Å². The van der Waals surface area contributed by atoms with Crippen LogP contribution >= 0.6 is 11.8 Å². The van der Waals surface area contributed by atoms with E-state index in [-0.39, 0.29) is 36.0 Å². The smallest absolute Gasteiger partial charge is 0.550 e. The Bertz CT molecular complexity index is 478. The van der Waals surface area contributed by atoms with Crippen molar-refractivity contribution in [3.63, 3.8) is 0 Å². The average molecular weight is 384 g/mol. The zero-order valence-electron chi connectivity index (χ0n) is 14.7. The van der Waals surface area contributed by atoms with Crippen molar-refractivity contribution in [2.24, 2.45) is 0 Å². The standard InChI is InChI=1S/C18H25F3O2S.Na/c19-18(20,21)15-10-12-16(13-11-15)24-14-8-6-4-2-1-3-5-7-9-17(22)23;/h10-13H,1-9,14H2,(H,22,23);/q;+1/p-1. The van der Waals surface area contributed by atoms with E-state index < -0.39 is 17.7 Å². The predicted molar refractivity (Wildman–Crippen MR) is 88.7 cm³/mol. The Hall–Kier alpha value is -0.170. The predicted octanol–water partition coefficient (Wildman–Crippen LogP) is 2.06. The molecular weight excluding hydrogens is 360 g/mol. The van der Waals surface area contributed by atoms with Crippen molar-refractivity contribution in [2.45, 2.75) is 68.9 Å². The first kappa shape index (κ1) is 24.8. The van der Waals surface area contributed by atoms with E-state index in [4.69, 9.17) is 0 Å². The fourth-order valence-corrected chi connectivity index (χ4v) is 3.27. The molecule has 2 nitrogen and oxygen atoms in total. The summed E-state index contributed by atoms with van der Waals surface area (Å²) in [6.07, 6.45) is 4.18. The SMILES string of the molecule is O=C([O-])CCCCCCCCCCSc1ccc(C(F)(F)F)cc1.[Na+]. The number of benzene rings is 1. The number of alkyl halides is 3. The van der Waals surface area contributed by atoms with Gasteiger partial charge in [-0.2, -0.15) is 13.2 Å². The fraction of sp³-hybridized carbons (Fsp3) is 0.611. The van der Waals surface area contributed by atoms with Gasteiger partial charge in [0.25, 0.3) is 0 Å². The first-order chi connectivity index (χ1) is 11.4. The molecule has 0 radical (unpaired) electrons. The van der Waals surface area contributed by atoms with Crippen LogP contribution in [-0.4, -0.2) is 11.7 Å². The third-order valence-corrected chi connectivity index (χ3v) is 4.82. The van der Waals surface area contributed by atoms with Crippen LogP contribution in [0, 0.1) is 0 Å². The molecule has 0 bridgehead atoms. The van der Waals surface area contributed by atoms with E-state index in [1.807, 2.05) is 0 Å². The maximum atomic E-state index is 12.4. The molecule has 0 N–H and O–H groups in total. The van der Waals surface area contributed by atoms with Crippen molar-refractivity contribution in [3.8, 4) is 0 Å². The number of carboxylic acids is 1. The number of thioether (sulfide) groups is 1. The molecule has 0 aromatic heterocycles. The van der Waals surface area contributed by atoms with E-state index in [0.717, 1.165) is 67.7 Å². The number of hydrogen-bond acceptors (Lipinski definition) is 3. The van der Waals surface area contributed by atoms with Crippen LogP contribution in [-0.2, 0) is 11.0 Å². The minimum absolute atomic E-state index is 0. The number of carbonyl (C=O) groups is 1. The number of carboxylic acid groups (broad SMARTS) is 1. The quantitative estimate of drug-likeness (QED) is 0.315. The van der Waals surface area contributed by atoms with Gasteiger partial charge >= 0.3 is 35.7 Å². The van der Waals surface area contributed by atoms with Gasteiger partial charge in [-0.1, -0.05) is 38.5 Å². The maximum absolute atomic E-state index is 12.4. The topological polar surface area (TPSA) is 40.1 Å². The van der Waals surface area contributed by atoms with E-state index in [2.05, 4.69) is 0 Å². The van der Waals surface area contributed by atoms with Crippen molar-refractivity contribution in [1.82, 2.24) is 0 Å². The molecule has 0 aliphatic heterocycles. The zero-order valence-corrected chi connectivity index (χ0v) is 17.6. The molecule has 0 heterocycles. The summed E-state index contributed by atoms with van der Waals surface area (Å²) in [5, 5.41) is 10.2. The number of aliphatic carboxylic acids is 1. The van der Waals surface area contributed by atoms with Crippen LogP contribution < -0.4 is 34.7 Å². The van der Waals surface area contributed by atoms with Crippen LogP contribution in [0.5, 0.6) is 0 Å². The molecule has 7 heteroatoms. The summed E-state index contributed by atoms with van der Waals surface area (Å²) in [7, 11) is 0. The van der Waals surface area contributed by atoms with Crippen LogP contribution in [0.4, 0.5) is 13.2 Å². The minimum Gasteiger partial charge on any atom is -0.550 e. The van der Waals surface area contributed by atoms with Gasteiger partial charge in [-0.25, -0.2) is 0 Å². The molecule has 1 rings (SSSR count). The molecule has 0 atom stereocenters. The second-order valence-electron chi connectivity index (χ2n) is 5.82. The second kappa shape index (κ2) is 14.0. The summed E-state index contributed by atoms with van der Waals surface area (Å²) in [4.78, 5) is 11.1. The number of hydrogen-bond donors (Lipinski definition) is 0. The summed E-state index contributed by atoms with van der Waals surface area (Å²) >= 11 is 1.59. The van der Waals surface area contributed by atoms with E-state index in [1.54, 1.807) is 11.8 Å². The summed E-state index contributed by atoms with van der Waals surface area (Å²) in [6, 6.07) is 5.31. The van der Waals surface area contributed by atoms with E-state index in [0.29, 0.717) is 6.42 Å². The second-order valence-corrected chi connectivity index (χ2v) is 6.99. The zero-order chi connectivity index (χ0) is 17.8. The number of rotatable bonds is 12. The maximum Gasteiger partial charge on any atom is 1.00 e. The minimum atomic E-state index is -4.27. The number of unbranched alkanes of at least 4 members (excludes halogenated alkanes) is 7. The molecular formula is C18H24F3NaO2S. The summed E-state index contributed by atoms with van der Waals surface area (Å²) in [6.45, 7) is 0. The van der Waals surface area contributed by atoms with Gasteiger partial charge < -0.3 is 9.90 Å². The molecule has 0 amide bonds. The molecule has 0 fully saturated rings. The molecule has 0 spiro atoms. The number of carbonyl (C=O) groups excluding carboxylic acids is 1. The normalized spacial score (nSPS) is 11.2. The molecule has 136 valence electrons. The first-order valence-electron chi connectivity index (χ1n) is 8.39. The van der Waals surface area contributed by atoms with Crippen molar-refractivity contribution < 1.29 is 52.6 Å². The Balaban J connectivity index is 0.00000576. The first-order valence-corrected chi connectivity index (χ1v) is 9.38. The molecule has 0 aliphatic rings. The summed E-state index contributed by atoms with van der Waals surface area (Å²) < 4.78 is 37.3. The monoisotopic (exact) mass is 384 g/mol. The Morgan fingerprint density at radius 3 is 1.84 bits per heavy atom. The van der Waals surface area contributed by atoms with Crippen molar-refractivity contribution in [1.29, 1.82) is 0 Å². The van der Waals surface area contributed by atoms with Gasteiger partial charge in [0.15, 0.2) is 0 Å². The summed E-state index contributed by atoms with van der Waals surface area (Å²) in [5.74, 6) is -0.0580. The van der Waals surface area contributed by atoms with Crippen LogP contribution in [0.3, 0.4) is 0 Å². The molecule has 0 saturated heterocycles. The van der Waals surface area contributed by atoms with E-state index >= 15 is 0 Å². The Labute approximate surface area is 174 Å². The van der Waals surface area contributed by atoms with Crippen LogP contribution in [0.2, 0.25) is 0 Å². The van der Waals surface area contributed by atoms with Gasteiger partial charge in [0.2, 0.25) is 0 Å². The van der Waals surface area contributed by atoms with Gasteiger partial charge in [-0.15, -0.1) is 11.8 Å². The molecule has 1 aromatic carbocycles.